The van der Waals surface area contributed by atoms with E-state index in [9.17, 15) is 0 Å². The third-order valence-corrected chi connectivity index (χ3v) is 2.35. The zero-order chi connectivity index (χ0) is 7.40. The summed E-state index contributed by atoms with van der Waals surface area (Å²) in [5.41, 5.74) is 0. The molecule has 0 amide bonds. The Balaban J connectivity index is 2.24. The Morgan fingerprint density at radius 1 is 1.70 bits per heavy atom. The minimum absolute atomic E-state index is 0.582. The molecular formula is C9H17N. The molecule has 1 atom stereocenters. The van der Waals surface area contributed by atoms with Gasteiger partial charge in [0.25, 0.3) is 0 Å². The van der Waals surface area contributed by atoms with E-state index >= 15 is 0 Å². The lowest BCUT2D eigenvalue weighted by Crippen LogP contribution is -2.37. The van der Waals surface area contributed by atoms with Crippen LogP contribution in [0.4, 0.5) is 0 Å². The van der Waals surface area contributed by atoms with Crippen LogP contribution in [0, 0.1) is 5.92 Å². The lowest BCUT2D eigenvalue weighted by Gasteiger charge is -2.32. The average Bonchev–Trinajstić information content (AvgIpc) is 1.83. The summed E-state index contributed by atoms with van der Waals surface area (Å²) in [7, 11) is 0. The molecule has 58 valence electrons. The van der Waals surface area contributed by atoms with Crippen LogP contribution in [0.2, 0.25) is 0 Å². The van der Waals surface area contributed by atoms with E-state index in [1.54, 1.807) is 0 Å². The van der Waals surface area contributed by atoms with Gasteiger partial charge in [0.1, 0.15) is 0 Å². The molecule has 0 bridgehead atoms. The molecule has 0 aromatic carbocycles. The van der Waals surface area contributed by atoms with E-state index in [0.717, 1.165) is 12.5 Å². The molecular weight excluding hydrogens is 122 g/mol. The largest absolute Gasteiger partial charge is 0.311 e. The summed E-state index contributed by atoms with van der Waals surface area (Å²) in [5, 5.41) is 3.42. The van der Waals surface area contributed by atoms with Crippen LogP contribution in [-0.4, -0.2) is 12.6 Å². The fourth-order valence-corrected chi connectivity index (χ4v) is 1.48. The van der Waals surface area contributed by atoms with Crippen LogP contribution in [0.1, 0.15) is 26.2 Å². The third kappa shape index (κ3) is 1.60. The summed E-state index contributed by atoms with van der Waals surface area (Å²) < 4.78 is 0. The predicted octanol–water partition coefficient (Wildman–Crippen LogP) is 1.95. The van der Waals surface area contributed by atoms with Crippen molar-refractivity contribution >= 4 is 0 Å². The molecule has 1 heteroatoms. The maximum atomic E-state index is 3.82. The second-order valence-electron chi connectivity index (χ2n) is 3.01. The van der Waals surface area contributed by atoms with Gasteiger partial charge >= 0.3 is 0 Å². The summed E-state index contributed by atoms with van der Waals surface area (Å²) in [6.45, 7) is 7.03. The molecule has 1 nitrogen and oxygen atoms in total. The Kier molecular flexibility index (Phi) is 2.94. The van der Waals surface area contributed by atoms with Gasteiger partial charge in [-0.2, -0.15) is 0 Å². The topological polar surface area (TPSA) is 12.0 Å². The van der Waals surface area contributed by atoms with Crippen molar-refractivity contribution in [1.29, 1.82) is 0 Å². The Morgan fingerprint density at radius 3 is 2.70 bits per heavy atom. The quantitative estimate of drug-likeness (QED) is 0.587. The number of likely N-dealkylation sites (N-methyl/N-ethyl adjacent to an activating group) is 1. The van der Waals surface area contributed by atoms with E-state index < -0.39 is 0 Å². The molecule has 1 rings (SSSR count). The number of hydrogen-bond acceptors (Lipinski definition) is 1. The maximum absolute atomic E-state index is 3.82. The molecule has 1 fully saturated rings. The highest BCUT2D eigenvalue weighted by atomic mass is 14.9. The summed E-state index contributed by atoms with van der Waals surface area (Å²) in [5.74, 6) is 0.887. The predicted molar refractivity (Wildman–Crippen MR) is 45.0 cm³/mol. The van der Waals surface area contributed by atoms with Crippen LogP contribution in [0.15, 0.2) is 12.7 Å². The molecule has 0 aromatic heterocycles. The number of hydrogen-bond donors (Lipinski definition) is 1. The number of nitrogens with one attached hydrogen (secondary N) is 1. The fourth-order valence-electron chi connectivity index (χ4n) is 1.48. The van der Waals surface area contributed by atoms with Crippen LogP contribution >= 0.6 is 0 Å². The minimum Gasteiger partial charge on any atom is -0.311 e. The van der Waals surface area contributed by atoms with Gasteiger partial charge in [0.05, 0.1) is 0 Å². The van der Waals surface area contributed by atoms with Gasteiger partial charge in [0, 0.05) is 6.04 Å². The molecule has 10 heavy (non-hydrogen) atoms. The van der Waals surface area contributed by atoms with E-state index in [4.69, 9.17) is 0 Å². The van der Waals surface area contributed by atoms with Gasteiger partial charge in [0.15, 0.2) is 0 Å². The molecule has 1 N–H and O–H groups in total. The molecule has 0 saturated heterocycles. The molecule has 0 heterocycles. The summed E-state index contributed by atoms with van der Waals surface area (Å²) in [4.78, 5) is 0. The normalized spacial score (nSPS) is 21.7. The summed E-state index contributed by atoms with van der Waals surface area (Å²) >= 11 is 0. The van der Waals surface area contributed by atoms with E-state index in [2.05, 4.69) is 18.8 Å². The van der Waals surface area contributed by atoms with Crippen LogP contribution in [-0.2, 0) is 0 Å². The monoisotopic (exact) mass is 139 g/mol. The summed E-state index contributed by atoms with van der Waals surface area (Å²) in [6, 6.07) is 0.582. The van der Waals surface area contributed by atoms with Gasteiger partial charge in [-0.05, 0) is 25.3 Å². The van der Waals surface area contributed by atoms with Crippen LogP contribution in [0.5, 0.6) is 0 Å². The number of rotatable bonds is 4. The first kappa shape index (κ1) is 7.80. The smallest absolute Gasteiger partial charge is 0.0275 e. The Morgan fingerprint density at radius 2 is 2.40 bits per heavy atom. The van der Waals surface area contributed by atoms with Gasteiger partial charge in [-0.1, -0.05) is 19.4 Å². The Labute approximate surface area is 63.5 Å². The Hall–Kier alpha value is -0.300. The van der Waals surface area contributed by atoms with E-state index in [-0.39, 0.29) is 0 Å². The molecule has 0 radical (unpaired) electrons. The second kappa shape index (κ2) is 3.77. The minimum atomic E-state index is 0.582. The van der Waals surface area contributed by atoms with Crippen LogP contribution < -0.4 is 5.32 Å². The highest BCUT2D eigenvalue weighted by Gasteiger charge is 2.23. The first-order valence-corrected chi connectivity index (χ1v) is 4.24. The van der Waals surface area contributed by atoms with Gasteiger partial charge in [-0.3, -0.25) is 0 Å². The van der Waals surface area contributed by atoms with Crippen molar-refractivity contribution < 1.29 is 0 Å². The van der Waals surface area contributed by atoms with E-state index in [1.807, 2.05) is 6.08 Å². The van der Waals surface area contributed by atoms with E-state index in [1.165, 1.54) is 19.3 Å². The van der Waals surface area contributed by atoms with Crippen LogP contribution in [0.25, 0.3) is 0 Å². The van der Waals surface area contributed by atoms with Crippen molar-refractivity contribution in [1.82, 2.24) is 5.32 Å². The van der Waals surface area contributed by atoms with Crippen LogP contribution in [0.3, 0.4) is 0 Å². The van der Waals surface area contributed by atoms with Gasteiger partial charge in [0.2, 0.25) is 0 Å². The zero-order valence-corrected chi connectivity index (χ0v) is 6.77. The van der Waals surface area contributed by atoms with Gasteiger partial charge in [-0.15, -0.1) is 6.58 Å². The standard InChI is InChI=1S/C9H17N/c1-3-9(10-4-2)8-6-5-7-8/h3,8-10H,1,4-7H2,2H3. The van der Waals surface area contributed by atoms with Crippen molar-refractivity contribution in [3.05, 3.63) is 12.7 Å². The second-order valence-corrected chi connectivity index (χ2v) is 3.01. The average molecular weight is 139 g/mol. The third-order valence-electron chi connectivity index (χ3n) is 2.35. The molecule has 0 aromatic rings. The lowest BCUT2D eigenvalue weighted by molar-refractivity contribution is 0.262. The van der Waals surface area contributed by atoms with Crippen molar-refractivity contribution in [2.75, 3.05) is 6.54 Å². The first-order chi connectivity index (χ1) is 4.88. The van der Waals surface area contributed by atoms with Crippen molar-refractivity contribution in [2.45, 2.75) is 32.2 Å². The molecule has 0 aliphatic heterocycles. The highest BCUT2D eigenvalue weighted by Crippen LogP contribution is 2.29. The Bertz CT molecular complexity index is 105. The molecule has 0 spiro atoms. The molecule has 1 unspecified atom stereocenters. The molecule has 1 aliphatic carbocycles. The summed E-state index contributed by atoms with van der Waals surface area (Å²) in [6.07, 6.45) is 6.25. The highest BCUT2D eigenvalue weighted by molar-refractivity contribution is 4.93. The van der Waals surface area contributed by atoms with Gasteiger partial charge in [-0.25, -0.2) is 0 Å². The molecule has 1 saturated carbocycles. The van der Waals surface area contributed by atoms with Crippen molar-refractivity contribution in [2.24, 2.45) is 5.92 Å². The van der Waals surface area contributed by atoms with Crippen molar-refractivity contribution in [3.63, 3.8) is 0 Å². The van der Waals surface area contributed by atoms with Crippen molar-refractivity contribution in [3.8, 4) is 0 Å². The lowest BCUT2D eigenvalue weighted by atomic mass is 9.80. The first-order valence-electron chi connectivity index (χ1n) is 4.24. The van der Waals surface area contributed by atoms with E-state index in [0.29, 0.717) is 6.04 Å². The zero-order valence-electron chi connectivity index (χ0n) is 6.77. The SMILES string of the molecule is C=CC(NCC)C1CCC1. The maximum Gasteiger partial charge on any atom is 0.0275 e. The molecule has 1 aliphatic rings. The fraction of sp³-hybridized carbons (Fsp3) is 0.778. The van der Waals surface area contributed by atoms with Gasteiger partial charge < -0.3 is 5.32 Å².